The quantitative estimate of drug-likeness (QED) is 0.893. The first-order valence-electron chi connectivity index (χ1n) is 7.86. The maximum Gasteiger partial charge on any atom is 0.122 e. The first-order chi connectivity index (χ1) is 9.63. The highest BCUT2D eigenvalue weighted by Gasteiger charge is 2.27. The summed E-state index contributed by atoms with van der Waals surface area (Å²) in [6.07, 6.45) is 4.50. The van der Waals surface area contributed by atoms with Gasteiger partial charge in [0.15, 0.2) is 0 Å². The second-order valence-electron chi connectivity index (χ2n) is 6.58. The van der Waals surface area contributed by atoms with Crippen molar-refractivity contribution in [2.75, 3.05) is 20.1 Å². The van der Waals surface area contributed by atoms with Crippen molar-refractivity contribution in [2.45, 2.75) is 57.9 Å². The Bertz CT molecular complexity index is 429. The van der Waals surface area contributed by atoms with Crippen molar-refractivity contribution < 1.29 is 4.42 Å². The van der Waals surface area contributed by atoms with Gasteiger partial charge in [0.05, 0.1) is 12.8 Å². The minimum Gasteiger partial charge on any atom is -0.468 e. The molecule has 3 rings (SSSR count). The van der Waals surface area contributed by atoms with Crippen LogP contribution in [0.15, 0.2) is 16.7 Å². The number of rotatable bonds is 5. The highest BCUT2D eigenvalue weighted by atomic mass is 16.3. The summed E-state index contributed by atoms with van der Waals surface area (Å²) in [4.78, 5) is 4.99. The summed E-state index contributed by atoms with van der Waals surface area (Å²) >= 11 is 0. The van der Waals surface area contributed by atoms with Crippen molar-refractivity contribution >= 4 is 0 Å². The molecule has 1 aliphatic heterocycles. The Morgan fingerprint density at radius 3 is 2.60 bits per heavy atom. The van der Waals surface area contributed by atoms with Crippen LogP contribution in [0.4, 0.5) is 0 Å². The van der Waals surface area contributed by atoms with Crippen LogP contribution < -0.4 is 5.32 Å². The molecule has 1 saturated carbocycles. The number of likely N-dealkylation sites (N-methyl/N-ethyl adjacent to an activating group) is 1. The Morgan fingerprint density at radius 2 is 1.95 bits per heavy atom. The van der Waals surface area contributed by atoms with E-state index in [1.165, 1.54) is 18.4 Å². The summed E-state index contributed by atoms with van der Waals surface area (Å²) in [6, 6.07) is 4.10. The van der Waals surface area contributed by atoms with E-state index in [-0.39, 0.29) is 0 Å². The minimum atomic E-state index is 0.613. The highest BCUT2D eigenvalue weighted by molar-refractivity contribution is 5.17. The van der Waals surface area contributed by atoms with Crippen molar-refractivity contribution in [1.82, 2.24) is 15.1 Å². The fraction of sp³-hybridized carbons (Fsp3) is 0.750. The lowest BCUT2D eigenvalue weighted by molar-refractivity contribution is 0.0516. The van der Waals surface area contributed by atoms with E-state index in [1.54, 1.807) is 0 Å². The van der Waals surface area contributed by atoms with Gasteiger partial charge in [-0.3, -0.25) is 9.80 Å². The van der Waals surface area contributed by atoms with E-state index < -0.39 is 0 Å². The summed E-state index contributed by atoms with van der Waals surface area (Å²) in [5.41, 5.74) is 1.33. The standard InChI is InChI=1S/C16H27N3O/c1-12-9-19(10-13(2)18(12)3)11-16-14(6-7-20-16)8-17-15-4-5-15/h6-7,12-13,15,17H,4-5,8-11H2,1-3H3. The van der Waals surface area contributed by atoms with Crippen LogP contribution in [0.25, 0.3) is 0 Å². The van der Waals surface area contributed by atoms with E-state index in [0.717, 1.165) is 38.0 Å². The molecule has 2 aliphatic rings. The van der Waals surface area contributed by atoms with E-state index in [2.05, 4.69) is 42.1 Å². The number of hydrogen-bond acceptors (Lipinski definition) is 4. The van der Waals surface area contributed by atoms with Crippen molar-refractivity contribution in [3.8, 4) is 0 Å². The average molecular weight is 277 g/mol. The van der Waals surface area contributed by atoms with Crippen LogP contribution in [0, 0.1) is 0 Å². The van der Waals surface area contributed by atoms with Gasteiger partial charge in [0.1, 0.15) is 5.76 Å². The van der Waals surface area contributed by atoms with E-state index in [0.29, 0.717) is 12.1 Å². The molecule has 4 heteroatoms. The Labute approximate surface area is 122 Å². The number of piperazine rings is 1. The lowest BCUT2D eigenvalue weighted by Crippen LogP contribution is -2.54. The molecule has 0 aromatic carbocycles. The molecule has 4 nitrogen and oxygen atoms in total. The molecule has 0 bridgehead atoms. The van der Waals surface area contributed by atoms with Crippen LogP contribution in [-0.4, -0.2) is 48.1 Å². The Kier molecular flexibility index (Phi) is 4.15. The Morgan fingerprint density at radius 1 is 1.25 bits per heavy atom. The molecule has 2 unspecified atom stereocenters. The molecule has 1 aliphatic carbocycles. The predicted octanol–water partition coefficient (Wildman–Crippen LogP) is 2.06. The van der Waals surface area contributed by atoms with Crippen LogP contribution >= 0.6 is 0 Å². The number of furan rings is 1. The maximum absolute atomic E-state index is 5.72. The van der Waals surface area contributed by atoms with E-state index in [4.69, 9.17) is 4.42 Å². The molecule has 2 fully saturated rings. The van der Waals surface area contributed by atoms with E-state index in [1.807, 2.05) is 6.26 Å². The van der Waals surface area contributed by atoms with Gasteiger partial charge in [0.2, 0.25) is 0 Å². The van der Waals surface area contributed by atoms with Gasteiger partial charge in [-0.05, 0) is 39.8 Å². The first kappa shape index (κ1) is 14.1. The summed E-state index contributed by atoms with van der Waals surface area (Å²) < 4.78 is 5.72. The topological polar surface area (TPSA) is 31.7 Å². The number of nitrogens with zero attached hydrogens (tertiary/aromatic N) is 2. The third kappa shape index (κ3) is 3.25. The molecule has 1 aromatic heterocycles. The zero-order valence-electron chi connectivity index (χ0n) is 12.9. The second kappa shape index (κ2) is 5.88. The van der Waals surface area contributed by atoms with Gasteiger partial charge in [-0.25, -0.2) is 0 Å². The van der Waals surface area contributed by atoms with Crippen molar-refractivity contribution in [2.24, 2.45) is 0 Å². The fourth-order valence-corrected chi connectivity index (χ4v) is 3.05. The largest absolute Gasteiger partial charge is 0.468 e. The Balaban J connectivity index is 1.58. The second-order valence-corrected chi connectivity index (χ2v) is 6.58. The molecule has 1 saturated heterocycles. The maximum atomic E-state index is 5.72. The van der Waals surface area contributed by atoms with Crippen LogP contribution in [0.2, 0.25) is 0 Å². The van der Waals surface area contributed by atoms with Gasteiger partial charge in [-0.1, -0.05) is 0 Å². The highest BCUT2D eigenvalue weighted by Crippen LogP contribution is 2.22. The van der Waals surface area contributed by atoms with Gasteiger partial charge in [0.25, 0.3) is 0 Å². The minimum absolute atomic E-state index is 0.613. The zero-order valence-corrected chi connectivity index (χ0v) is 12.9. The van der Waals surface area contributed by atoms with Gasteiger partial charge in [-0.15, -0.1) is 0 Å². The molecular formula is C16H27N3O. The van der Waals surface area contributed by atoms with E-state index >= 15 is 0 Å². The smallest absolute Gasteiger partial charge is 0.122 e. The van der Waals surface area contributed by atoms with E-state index in [9.17, 15) is 0 Å². The monoisotopic (exact) mass is 277 g/mol. The summed E-state index contributed by atoms with van der Waals surface area (Å²) in [5, 5.41) is 3.57. The molecule has 2 heterocycles. The van der Waals surface area contributed by atoms with Gasteiger partial charge < -0.3 is 9.73 Å². The summed E-state index contributed by atoms with van der Waals surface area (Å²) in [7, 11) is 2.23. The average Bonchev–Trinajstić information content (AvgIpc) is 3.14. The van der Waals surface area contributed by atoms with Gasteiger partial charge in [0, 0.05) is 43.3 Å². The van der Waals surface area contributed by atoms with Crippen molar-refractivity contribution in [3.05, 3.63) is 23.7 Å². The molecule has 2 atom stereocenters. The summed E-state index contributed by atoms with van der Waals surface area (Å²) in [6.45, 7) is 8.75. The molecule has 1 aromatic rings. The molecule has 1 N–H and O–H groups in total. The van der Waals surface area contributed by atoms with Crippen LogP contribution in [0.5, 0.6) is 0 Å². The van der Waals surface area contributed by atoms with Crippen molar-refractivity contribution in [1.29, 1.82) is 0 Å². The molecule has 0 amide bonds. The first-order valence-corrected chi connectivity index (χ1v) is 7.86. The van der Waals surface area contributed by atoms with Crippen molar-refractivity contribution in [3.63, 3.8) is 0 Å². The molecule has 0 spiro atoms. The molecular weight excluding hydrogens is 250 g/mol. The SMILES string of the molecule is CC1CN(Cc2occc2CNC2CC2)CC(C)N1C. The normalized spacial score (nSPS) is 28.9. The van der Waals surface area contributed by atoms with Crippen LogP contribution in [0.3, 0.4) is 0 Å². The fourth-order valence-electron chi connectivity index (χ4n) is 3.05. The Hall–Kier alpha value is -0.840. The lowest BCUT2D eigenvalue weighted by atomic mass is 10.1. The molecule has 112 valence electrons. The third-order valence-electron chi connectivity index (χ3n) is 4.80. The third-order valence-corrected chi connectivity index (χ3v) is 4.80. The van der Waals surface area contributed by atoms with Gasteiger partial charge >= 0.3 is 0 Å². The number of nitrogens with one attached hydrogen (secondary N) is 1. The molecule has 0 radical (unpaired) electrons. The van der Waals surface area contributed by atoms with Crippen LogP contribution in [0.1, 0.15) is 38.0 Å². The molecule has 20 heavy (non-hydrogen) atoms. The van der Waals surface area contributed by atoms with Gasteiger partial charge in [-0.2, -0.15) is 0 Å². The lowest BCUT2D eigenvalue weighted by Gasteiger charge is -2.42. The number of hydrogen-bond donors (Lipinski definition) is 1. The zero-order chi connectivity index (χ0) is 14.1. The predicted molar refractivity (Wildman–Crippen MR) is 80.5 cm³/mol. The van der Waals surface area contributed by atoms with Crippen LogP contribution in [-0.2, 0) is 13.1 Å². The summed E-state index contributed by atoms with van der Waals surface area (Å²) in [5.74, 6) is 1.14.